The van der Waals surface area contributed by atoms with Gasteiger partial charge in [0.1, 0.15) is 0 Å². The molecule has 1 saturated heterocycles. The number of hydrogen-bond donors (Lipinski definition) is 1. The van der Waals surface area contributed by atoms with E-state index in [1.807, 2.05) is 12.1 Å². The van der Waals surface area contributed by atoms with Crippen LogP contribution in [0.15, 0.2) is 24.3 Å². The molecule has 118 valence electrons. The average molecular weight is 311 g/mol. The fraction of sp³-hybridized carbons (Fsp3) is 0.647. The predicted molar refractivity (Wildman–Crippen MR) is 88.8 cm³/mol. The molecule has 1 aromatic rings. The van der Waals surface area contributed by atoms with Gasteiger partial charge < -0.3 is 10.5 Å². The number of morpholine rings is 1. The molecule has 1 aliphatic heterocycles. The van der Waals surface area contributed by atoms with Crippen molar-refractivity contribution < 1.29 is 4.74 Å². The second-order valence-electron chi connectivity index (χ2n) is 6.36. The monoisotopic (exact) mass is 310 g/mol. The van der Waals surface area contributed by atoms with Gasteiger partial charge in [-0.05, 0) is 44.4 Å². The van der Waals surface area contributed by atoms with Crippen LogP contribution in [-0.2, 0) is 11.2 Å². The number of ether oxygens (including phenoxy) is 1. The van der Waals surface area contributed by atoms with Gasteiger partial charge in [0.05, 0.1) is 12.7 Å². The van der Waals surface area contributed by atoms with Gasteiger partial charge in [-0.1, -0.05) is 30.7 Å². The minimum atomic E-state index is -0.0491. The van der Waals surface area contributed by atoms with Crippen molar-refractivity contribution in [2.45, 2.75) is 51.3 Å². The lowest BCUT2D eigenvalue weighted by Crippen LogP contribution is -2.62. The van der Waals surface area contributed by atoms with E-state index in [0.29, 0.717) is 12.6 Å². The lowest BCUT2D eigenvalue weighted by molar-refractivity contribution is -0.0945. The maximum absolute atomic E-state index is 6.17. The molecule has 0 aliphatic carbocycles. The highest BCUT2D eigenvalue weighted by Gasteiger charge is 2.38. The Morgan fingerprint density at radius 1 is 1.38 bits per heavy atom. The van der Waals surface area contributed by atoms with Gasteiger partial charge >= 0.3 is 0 Å². The van der Waals surface area contributed by atoms with Crippen LogP contribution in [0.25, 0.3) is 0 Å². The minimum Gasteiger partial charge on any atom is -0.376 e. The topological polar surface area (TPSA) is 38.5 Å². The molecule has 0 saturated carbocycles. The average Bonchev–Trinajstić information content (AvgIpc) is 2.49. The Bertz CT molecular complexity index is 451. The highest BCUT2D eigenvalue weighted by molar-refractivity contribution is 6.30. The third-order valence-electron chi connectivity index (χ3n) is 4.57. The number of rotatable bonds is 5. The van der Waals surface area contributed by atoms with Crippen molar-refractivity contribution in [1.29, 1.82) is 0 Å². The molecule has 4 heteroatoms. The van der Waals surface area contributed by atoms with Crippen LogP contribution in [0.1, 0.15) is 32.8 Å². The summed E-state index contributed by atoms with van der Waals surface area (Å²) in [6.07, 6.45) is 2.29. The quantitative estimate of drug-likeness (QED) is 0.908. The van der Waals surface area contributed by atoms with Gasteiger partial charge in [0.15, 0.2) is 0 Å². The third-order valence-corrected chi connectivity index (χ3v) is 4.82. The van der Waals surface area contributed by atoms with E-state index < -0.39 is 0 Å². The molecule has 0 spiro atoms. The fourth-order valence-corrected chi connectivity index (χ4v) is 3.30. The Kier molecular flexibility index (Phi) is 5.67. The van der Waals surface area contributed by atoms with Crippen LogP contribution in [0.2, 0.25) is 5.02 Å². The molecule has 3 atom stereocenters. The van der Waals surface area contributed by atoms with E-state index >= 15 is 0 Å². The van der Waals surface area contributed by atoms with E-state index in [4.69, 9.17) is 22.1 Å². The molecule has 1 fully saturated rings. The Balaban J connectivity index is 2.19. The molecule has 3 unspecified atom stereocenters. The first-order valence-electron chi connectivity index (χ1n) is 7.81. The van der Waals surface area contributed by atoms with Gasteiger partial charge in [0.2, 0.25) is 0 Å². The molecule has 1 aromatic carbocycles. The summed E-state index contributed by atoms with van der Waals surface area (Å²) in [4.78, 5) is 2.55. The first-order chi connectivity index (χ1) is 9.98. The van der Waals surface area contributed by atoms with Crippen molar-refractivity contribution in [3.63, 3.8) is 0 Å². The van der Waals surface area contributed by atoms with Crippen LogP contribution in [0, 0.1) is 0 Å². The molecule has 2 rings (SSSR count). The summed E-state index contributed by atoms with van der Waals surface area (Å²) in [7, 11) is 0. The highest BCUT2D eigenvalue weighted by atomic mass is 35.5. The Morgan fingerprint density at radius 2 is 2.05 bits per heavy atom. The van der Waals surface area contributed by atoms with Crippen molar-refractivity contribution in [3.8, 4) is 0 Å². The first kappa shape index (κ1) is 16.8. The summed E-state index contributed by atoms with van der Waals surface area (Å²) in [5.74, 6) is 0. The minimum absolute atomic E-state index is 0.0491. The zero-order chi connectivity index (χ0) is 15.5. The molecular formula is C17H27ClN2O. The van der Waals surface area contributed by atoms with Gasteiger partial charge in [0, 0.05) is 29.7 Å². The smallest absolute Gasteiger partial charge is 0.0675 e. The maximum atomic E-state index is 6.17. The van der Waals surface area contributed by atoms with Gasteiger partial charge in [-0.25, -0.2) is 0 Å². The maximum Gasteiger partial charge on any atom is 0.0675 e. The summed E-state index contributed by atoms with van der Waals surface area (Å²) in [5, 5.41) is 0.777. The molecular weight excluding hydrogens is 284 g/mol. The van der Waals surface area contributed by atoms with Crippen LogP contribution >= 0.6 is 11.6 Å². The molecule has 0 amide bonds. The van der Waals surface area contributed by atoms with Crippen LogP contribution in [0.5, 0.6) is 0 Å². The predicted octanol–water partition coefficient (Wildman–Crippen LogP) is 3.10. The normalized spacial score (nSPS) is 26.5. The van der Waals surface area contributed by atoms with E-state index in [2.05, 4.69) is 37.8 Å². The number of nitrogens with zero attached hydrogens (tertiary/aromatic N) is 1. The summed E-state index contributed by atoms with van der Waals surface area (Å²) >= 11 is 5.98. The second kappa shape index (κ2) is 7.10. The van der Waals surface area contributed by atoms with Crippen molar-refractivity contribution in [1.82, 2.24) is 4.90 Å². The highest BCUT2D eigenvalue weighted by Crippen LogP contribution is 2.28. The van der Waals surface area contributed by atoms with Crippen molar-refractivity contribution in [2.24, 2.45) is 5.73 Å². The van der Waals surface area contributed by atoms with Gasteiger partial charge in [-0.15, -0.1) is 0 Å². The van der Waals surface area contributed by atoms with E-state index in [-0.39, 0.29) is 11.6 Å². The zero-order valence-electron chi connectivity index (χ0n) is 13.3. The molecule has 21 heavy (non-hydrogen) atoms. The summed E-state index contributed by atoms with van der Waals surface area (Å²) in [6, 6.07) is 8.55. The number of halogens is 1. The summed E-state index contributed by atoms with van der Waals surface area (Å²) in [6.45, 7) is 9.00. The molecule has 0 bridgehead atoms. The van der Waals surface area contributed by atoms with Crippen molar-refractivity contribution in [2.75, 3.05) is 19.7 Å². The Hall–Kier alpha value is -0.610. The van der Waals surface area contributed by atoms with Gasteiger partial charge in [-0.3, -0.25) is 4.90 Å². The lowest BCUT2D eigenvalue weighted by Gasteiger charge is -2.49. The van der Waals surface area contributed by atoms with E-state index in [9.17, 15) is 0 Å². The van der Waals surface area contributed by atoms with E-state index in [0.717, 1.165) is 31.0 Å². The molecule has 2 N–H and O–H groups in total. The van der Waals surface area contributed by atoms with E-state index in [1.54, 1.807) is 0 Å². The third kappa shape index (κ3) is 3.98. The van der Waals surface area contributed by atoms with Gasteiger partial charge in [0.25, 0.3) is 0 Å². The largest absolute Gasteiger partial charge is 0.376 e. The van der Waals surface area contributed by atoms with Crippen LogP contribution in [-0.4, -0.2) is 42.3 Å². The van der Waals surface area contributed by atoms with Crippen LogP contribution < -0.4 is 5.73 Å². The summed E-state index contributed by atoms with van der Waals surface area (Å²) in [5.41, 5.74) is 7.40. The second-order valence-corrected chi connectivity index (χ2v) is 6.80. The van der Waals surface area contributed by atoms with Crippen LogP contribution in [0.3, 0.4) is 0 Å². The number of benzene rings is 1. The van der Waals surface area contributed by atoms with Crippen LogP contribution in [0.4, 0.5) is 0 Å². The molecule has 3 nitrogen and oxygen atoms in total. The zero-order valence-corrected chi connectivity index (χ0v) is 14.1. The fourth-order valence-electron chi connectivity index (χ4n) is 3.18. The Morgan fingerprint density at radius 3 is 2.62 bits per heavy atom. The SMILES string of the molecule is CCC1COC(C)CN1C(C)(CN)Cc1ccc(Cl)cc1. The molecule has 0 radical (unpaired) electrons. The van der Waals surface area contributed by atoms with Gasteiger partial charge in [-0.2, -0.15) is 0 Å². The summed E-state index contributed by atoms with van der Waals surface area (Å²) < 4.78 is 5.82. The lowest BCUT2D eigenvalue weighted by atomic mass is 9.88. The Labute approximate surface area is 133 Å². The van der Waals surface area contributed by atoms with E-state index in [1.165, 1.54) is 5.56 Å². The number of hydrogen-bond acceptors (Lipinski definition) is 3. The molecule has 1 heterocycles. The first-order valence-corrected chi connectivity index (χ1v) is 8.19. The van der Waals surface area contributed by atoms with Crippen molar-refractivity contribution in [3.05, 3.63) is 34.9 Å². The standard InChI is InChI=1S/C17H27ClN2O/c1-4-16-11-21-13(2)10-20(16)17(3,12-19)9-14-5-7-15(18)8-6-14/h5-8,13,16H,4,9-12,19H2,1-3H3. The number of nitrogens with two attached hydrogens (primary N) is 1. The molecule has 0 aromatic heterocycles. The van der Waals surface area contributed by atoms with Crippen molar-refractivity contribution >= 4 is 11.6 Å². The molecule has 1 aliphatic rings.